The summed E-state index contributed by atoms with van der Waals surface area (Å²) in [5.41, 5.74) is 1.17. The Kier molecular flexibility index (Phi) is 5.70. The smallest absolute Gasteiger partial charge is 0.317 e. The summed E-state index contributed by atoms with van der Waals surface area (Å²) in [7, 11) is 0. The van der Waals surface area contributed by atoms with Crippen LogP contribution in [0.25, 0.3) is 0 Å². The third kappa shape index (κ3) is 3.94. The fraction of sp³-hybridized carbons (Fsp3) is 0.150. The molecule has 0 fully saturated rings. The Hall–Kier alpha value is -1.87. The van der Waals surface area contributed by atoms with Crippen LogP contribution in [0.4, 0.5) is 0 Å². The summed E-state index contributed by atoms with van der Waals surface area (Å²) in [6, 6.07) is 13.8. The van der Waals surface area contributed by atoms with Crippen molar-refractivity contribution in [2.75, 3.05) is 0 Å². The van der Waals surface area contributed by atoms with Crippen LogP contribution < -0.4 is 4.87 Å². The molecule has 148 valence electrons. The van der Waals surface area contributed by atoms with Crippen molar-refractivity contribution in [3.8, 4) is 0 Å². The number of aromatic amines is 1. The van der Waals surface area contributed by atoms with E-state index >= 15 is 0 Å². The van der Waals surface area contributed by atoms with E-state index in [-0.39, 0.29) is 10.7 Å². The van der Waals surface area contributed by atoms with Crippen LogP contribution >= 0.6 is 50.6 Å². The second-order valence-electron chi connectivity index (χ2n) is 6.51. The van der Waals surface area contributed by atoms with Crippen LogP contribution in [-0.2, 0) is 4.79 Å². The normalized spacial score (nSPS) is 20.8. The van der Waals surface area contributed by atoms with Crippen molar-refractivity contribution in [3.05, 3.63) is 83.7 Å². The summed E-state index contributed by atoms with van der Waals surface area (Å²) in [5, 5.41) is 9.90. The lowest BCUT2D eigenvalue weighted by Crippen LogP contribution is -2.39. The van der Waals surface area contributed by atoms with Crippen molar-refractivity contribution in [3.63, 3.8) is 0 Å². The van der Waals surface area contributed by atoms with Gasteiger partial charge in [-0.05, 0) is 29.8 Å². The number of Topliss-reactive ketones (excluding diaryl/α,β-unsaturated/α-hetero) is 1. The first-order chi connectivity index (χ1) is 13.8. The third-order valence-corrected chi connectivity index (χ3v) is 7.94. The predicted octanol–water partition coefficient (Wildman–Crippen LogP) is 5.04. The van der Waals surface area contributed by atoms with E-state index in [0.29, 0.717) is 20.5 Å². The van der Waals surface area contributed by atoms with Crippen molar-refractivity contribution in [2.24, 2.45) is 5.92 Å². The molecule has 0 bridgehead atoms. The maximum absolute atomic E-state index is 13.5. The highest BCUT2D eigenvalue weighted by molar-refractivity contribution is 9.10. The van der Waals surface area contributed by atoms with Gasteiger partial charge in [-0.1, -0.05) is 74.9 Å². The van der Waals surface area contributed by atoms with E-state index in [9.17, 15) is 19.5 Å². The Morgan fingerprint density at radius 3 is 2.34 bits per heavy atom. The number of aliphatic carboxylic acids is 1. The number of fused-ring (bicyclic) bond motifs is 1. The van der Waals surface area contributed by atoms with Gasteiger partial charge in [0.15, 0.2) is 5.78 Å². The first-order valence-corrected chi connectivity index (χ1v) is 11.4. The summed E-state index contributed by atoms with van der Waals surface area (Å²) < 4.78 is 0.822. The number of thioether (sulfide) groups is 1. The van der Waals surface area contributed by atoms with Crippen LogP contribution in [0.2, 0.25) is 5.02 Å². The quantitative estimate of drug-likeness (QED) is 0.480. The van der Waals surface area contributed by atoms with Crippen LogP contribution in [0.15, 0.2) is 62.8 Å². The zero-order valence-electron chi connectivity index (χ0n) is 14.6. The first-order valence-electron chi connectivity index (χ1n) is 8.53. The molecular formula is C20H13BrClNO4S2. The number of halogens is 2. The van der Waals surface area contributed by atoms with Gasteiger partial charge in [-0.25, -0.2) is 0 Å². The highest BCUT2D eigenvalue weighted by Gasteiger charge is 2.47. The SMILES string of the molecule is O=C(c1ccc(Br)cc1)[C@@H]1[C@H](c2ccc(Cl)cc2)c2sc(=O)[nH]c2S[C@H]1C(=O)O. The fourth-order valence-corrected chi connectivity index (χ4v) is 6.29. The number of benzene rings is 2. The zero-order valence-corrected chi connectivity index (χ0v) is 18.6. The molecule has 0 radical (unpaired) electrons. The zero-order chi connectivity index (χ0) is 20.7. The van der Waals surface area contributed by atoms with Gasteiger partial charge in [-0.15, -0.1) is 0 Å². The molecule has 0 saturated heterocycles. The van der Waals surface area contributed by atoms with E-state index in [4.69, 9.17) is 11.6 Å². The Bertz CT molecular complexity index is 1140. The molecule has 29 heavy (non-hydrogen) atoms. The molecule has 0 spiro atoms. The molecule has 3 aromatic rings. The number of H-pyrrole nitrogens is 1. The van der Waals surface area contributed by atoms with Crippen LogP contribution in [-0.4, -0.2) is 27.1 Å². The number of carboxylic acid groups (broad SMARTS) is 1. The van der Waals surface area contributed by atoms with Gasteiger partial charge in [0.2, 0.25) is 0 Å². The summed E-state index contributed by atoms with van der Waals surface area (Å²) >= 11 is 11.4. The summed E-state index contributed by atoms with van der Waals surface area (Å²) in [6.45, 7) is 0. The van der Waals surface area contributed by atoms with Gasteiger partial charge in [0, 0.05) is 25.9 Å². The van der Waals surface area contributed by atoms with E-state index in [2.05, 4.69) is 20.9 Å². The van der Waals surface area contributed by atoms with Gasteiger partial charge in [0.05, 0.1) is 10.9 Å². The summed E-state index contributed by atoms with van der Waals surface area (Å²) in [5.74, 6) is -2.81. The average Bonchev–Trinajstić information content (AvgIpc) is 3.07. The number of hydrogen-bond donors (Lipinski definition) is 2. The maximum Gasteiger partial charge on any atom is 0.317 e. The minimum atomic E-state index is -1.10. The monoisotopic (exact) mass is 509 g/mol. The Labute approximate surface area is 187 Å². The fourth-order valence-electron chi connectivity index (χ4n) is 3.48. The number of nitrogens with one attached hydrogen (secondary N) is 1. The van der Waals surface area contributed by atoms with E-state index in [1.165, 1.54) is 0 Å². The van der Waals surface area contributed by atoms with Crippen LogP contribution in [0.1, 0.15) is 26.7 Å². The summed E-state index contributed by atoms with van der Waals surface area (Å²) in [6.07, 6.45) is 0. The van der Waals surface area contributed by atoms with Crippen molar-refractivity contribution in [1.29, 1.82) is 0 Å². The van der Waals surface area contributed by atoms with Crippen molar-refractivity contribution in [2.45, 2.75) is 16.2 Å². The van der Waals surface area contributed by atoms with Gasteiger partial charge in [-0.2, -0.15) is 0 Å². The lowest BCUT2D eigenvalue weighted by molar-refractivity contribution is -0.137. The van der Waals surface area contributed by atoms with Crippen LogP contribution in [0, 0.1) is 5.92 Å². The molecule has 2 aromatic carbocycles. The lowest BCUT2D eigenvalue weighted by atomic mass is 9.78. The summed E-state index contributed by atoms with van der Waals surface area (Å²) in [4.78, 5) is 40.8. The molecule has 5 nitrogen and oxygen atoms in total. The largest absolute Gasteiger partial charge is 0.480 e. The molecule has 0 unspecified atom stereocenters. The molecule has 0 saturated carbocycles. The Balaban J connectivity index is 1.90. The average molecular weight is 511 g/mol. The van der Waals surface area contributed by atoms with Gasteiger partial charge < -0.3 is 10.1 Å². The van der Waals surface area contributed by atoms with E-state index in [0.717, 1.165) is 33.1 Å². The van der Waals surface area contributed by atoms with Crippen molar-refractivity contribution in [1.82, 2.24) is 4.98 Å². The van der Waals surface area contributed by atoms with E-state index in [1.807, 2.05) is 0 Å². The molecule has 9 heteroatoms. The number of thiazole rings is 1. The number of rotatable bonds is 4. The molecular weight excluding hydrogens is 498 g/mol. The number of carbonyl (C=O) groups is 2. The minimum absolute atomic E-state index is 0.274. The first kappa shape index (κ1) is 20.4. The molecule has 2 heterocycles. The van der Waals surface area contributed by atoms with Crippen LogP contribution in [0.5, 0.6) is 0 Å². The van der Waals surface area contributed by atoms with Gasteiger partial charge >= 0.3 is 10.8 Å². The van der Waals surface area contributed by atoms with Gasteiger partial charge in [0.1, 0.15) is 5.25 Å². The number of ketones is 1. The second kappa shape index (κ2) is 8.10. The van der Waals surface area contributed by atoms with Gasteiger partial charge in [0.25, 0.3) is 0 Å². The highest BCUT2D eigenvalue weighted by atomic mass is 79.9. The molecule has 1 aliphatic heterocycles. The lowest BCUT2D eigenvalue weighted by Gasteiger charge is -2.34. The highest BCUT2D eigenvalue weighted by Crippen LogP contribution is 2.50. The molecule has 1 aliphatic rings. The predicted molar refractivity (Wildman–Crippen MR) is 117 cm³/mol. The third-order valence-electron chi connectivity index (χ3n) is 4.76. The topological polar surface area (TPSA) is 87.2 Å². The Morgan fingerprint density at radius 1 is 1.07 bits per heavy atom. The molecule has 2 N–H and O–H groups in total. The van der Waals surface area contributed by atoms with Crippen molar-refractivity contribution < 1.29 is 14.7 Å². The molecule has 1 aromatic heterocycles. The molecule has 0 amide bonds. The van der Waals surface area contributed by atoms with Crippen molar-refractivity contribution >= 4 is 62.4 Å². The Morgan fingerprint density at radius 2 is 1.72 bits per heavy atom. The number of hydrogen-bond acceptors (Lipinski definition) is 5. The minimum Gasteiger partial charge on any atom is -0.480 e. The van der Waals surface area contributed by atoms with E-state index < -0.39 is 23.1 Å². The number of carboxylic acids is 1. The molecule has 4 rings (SSSR count). The number of carbonyl (C=O) groups excluding carboxylic acids is 1. The molecule has 3 atom stereocenters. The van der Waals surface area contributed by atoms with E-state index in [1.54, 1.807) is 48.5 Å². The van der Waals surface area contributed by atoms with Gasteiger partial charge in [-0.3, -0.25) is 14.4 Å². The maximum atomic E-state index is 13.5. The molecule has 0 aliphatic carbocycles. The number of aromatic nitrogens is 1. The van der Waals surface area contributed by atoms with Crippen LogP contribution in [0.3, 0.4) is 0 Å². The standard InChI is InChI=1S/C20H13BrClNO4S2/c21-11-5-1-10(2-6-11)15(24)14-13(9-3-7-12(22)8-4-9)16-18(23-20(27)29-16)28-17(14)19(25)26/h1-8,13-14,17H,(H,23,27)(H,25,26)/t13-,14-,17+/m0/s1. The second-order valence-corrected chi connectivity index (χ2v) is 10.0.